The maximum absolute atomic E-state index is 14.7. The van der Waals surface area contributed by atoms with Crippen LogP contribution in [0.2, 0.25) is 1.41 Å². The Morgan fingerprint density at radius 2 is 2.32 bits per heavy atom. The number of halogens is 1. The number of nitrogens with one attached hydrogen (secondary N) is 2. The highest BCUT2D eigenvalue weighted by Crippen LogP contribution is 2.37. The van der Waals surface area contributed by atoms with Gasteiger partial charge < -0.3 is 15.2 Å². The summed E-state index contributed by atoms with van der Waals surface area (Å²) in [6, 6.07) is 5.48. The number of nitriles is 1. The zero-order valence-electron chi connectivity index (χ0n) is 13.6. The molecule has 0 radical (unpaired) electrons. The fraction of sp³-hybridized carbons (Fsp3) is 0.471. The average molecular weight is 299 g/mol. The van der Waals surface area contributed by atoms with E-state index >= 15 is 0 Å². The Morgan fingerprint density at radius 3 is 3.09 bits per heavy atom. The first-order valence-electron chi connectivity index (χ1n) is 8.25. The van der Waals surface area contributed by atoms with Gasteiger partial charge in [0.1, 0.15) is 13.3 Å². The average Bonchev–Trinajstić information content (AvgIpc) is 3.10. The summed E-state index contributed by atoms with van der Waals surface area (Å²) in [5.41, 5.74) is 2.54. The van der Waals surface area contributed by atoms with E-state index in [4.69, 9.17) is 1.41 Å². The first-order valence-corrected chi connectivity index (χ1v) is 7.81. The van der Waals surface area contributed by atoms with E-state index in [2.05, 4.69) is 16.0 Å². The van der Waals surface area contributed by atoms with Crippen LogP contribution < -0.4 is 10.2 Å². The minimum atomic E-state index is -0.344. The molecule has 0 aliphatic carbocycles. The highest BCUT2D eigenvalue weighted by atomic mass is 19.1. The van der Waals surface area contributed by atoms with Crippen molar-refractivity contribution in [1.29, 1.82) is 5.26 Å². The lowest BCUT2D eigenvalue weighted by molar-refractivity contribution is 0.340. The second-order valence-corrected chi connectivity index (χ2v) is 6.39. The third kappa shape index (κ3) is 1.98. The van der Waals surface area contributed by atoms with E-state index in [0.717, 1.165) is 37.0 Å². The van der Waals surface area contributed by atoms with Gasteiger partial charge in [-0.15, -0.1) is 0 Å². The van der Waals surface area contributed by atoms with Crippen molar-refractivity contribution in [1.82, 2.24) is 10.3 Å². The molecule has 5 heteroatoms. The van der Waals surface area contributed by atoms with E-state index in [-0.39, 0.29) is 11.9 Å². The molecule has 1 aromatic carbocycles. The lowest BCUT2D eigenvalue weighted by atomic mass is 9.94. The number of aryl methyl sites for hydroxylation is 1. The quantitative estimate of drug-likeness (QED) is 0.851. The predicted octanol–water partition coefficient (Wildman–Crippen LogP) is 2.68. The third-order valence-corrected chi connectivity index (χ3v) is 4.91. The highest BCUT2D eigenvalue weighted by Gasteiger charge is 2.36. The summed E-state index contributed by atoms with van der Waals surface area (Å²) in [5, 5.41) is 11.7. The maximum Gasteiger partial charge on any atom is 0.148 e. The molecule has 114 valence electrons. The Bertz CT molecular complexity index is 809. The molecule has 2 aliphatic rings. The number of hydrogen-bond donors (Lipinski definition) is 2. The summed E-state index contributed by atoms with van der Waals surface area (Å²) in [5.74, 6) is 0.0783. The molecule has 2 fully saturated rings. The van der Waals surface area contributed by atoms with Gasteiger partial charge in [0, 0.05) is 30.2 Å². The van der Waals surface area contributed by atoms with Gasteiger partial charge in [0.25, 0.3) is 0 Å². The van der Waals surface area contributed by atoms with E-state index < -0.39 is 0 Å². The van der Waals surface area contributed by atoms with Crippen molar-refractivity contribution in [2.24, 2.45) is 5.92 Å². The minimum absolute atomic E-state index is 0.175. The van der Waals surface area contributed by atoms with Gasteiger partial charge in [0.15, 0.2) is 0 Å². The molecule has 22 heavy (non-hydrogen) atoms. The van der Waals surface area contributed by atoms with Crippen molar-refractivity contribution in [2.45, 2.75) is 25.8 Å². The van der Waals surface area contributed by atoms with Crippen LogP contribution in [0.15, 0.2) is 12.1 Å². The fourth-order valence-electron chi connectivity index (χ4n) is 3.93. The number of piperidine rings is 1. The minimum Gasteiger partial charge on any atom is -0.367 e. The molecule has 0 spiro atoms. The molecule has 2 atom stereocenters. The molecular weight excluding hydrogens is 279 g/mol. The van der Waals surface area contributed by atoms with Crippen molar-refractivity contribution < 1.29 is 5.80 Å². The third-order valence-electron chi connectivity index (χ3n) is 4.91. The number of rotatable bonds is 1. The van der Waals surface area contributed by atoms with Crippen LogP contribution in [0.25, 0.3) is 10.9 Å². The predicted molar refractivity (Wildman–Crippen MR) is 84.4 cm³/mol. The Hall–Kier alpha value is -2.06. The standard InChI is InChI=1S/C17H19FN4/c1-10-5-13-16(21-10)12(7-19)6-14(18)17(13)22-8-11-3-2-4-20-15(11)9-22/h5-6,11,15,20-21H,2-4,8-9H2,1H3/i/hD. The molecule has 2 aliphatic heterocycles. The topological polar surface area (TPSA) is 54.9 Å². The zero-order valence-corrected chi connectivity index (χ0v) is 12.6. The number of fused-ring (bicyclic) bond motifs is 2. The first kappa shape index (κ1) is 12.5. The van der Waals surface area contributed by atoms with E-state index in [0.29, 0.717) is 29.2 Å². The molecule has 4 rings (SSSR count). The van der Waals surface area contributed by atoms with Crippen LogP contribution >= 0.6 is 0 Å². The highest BCUT2D eigenvalue weighted by molar-refractivity contribution is 5.97. The Kier molecular flexibility index (Phi) is 2.83. The number of H-pyrrole nitrogens is 1. The van der Waals surface area contributed by atoms with E-state index in [1.165, 1.54) is 6.07 Å². The molecule has 2 unspecified atom stereocenters. The number of nitrogens with zero attached hydrogens (tertiary/aromatic N) is 2. The molecule has 1 aromatic heterocycles. The summed E-state index contributed by atoms with van der Waals surface area (Å²) >= 11 is 0. The molecular formula is C17H19FN4. The molecule has 2 aromatic rings. The number of anilines is 1. The molecule has 0 saturated carbocycles. The summed E-state index contributed by atoms with van der Waals surface area (Å²) in [6.07, 6.45) is 2.14. The summed E-state index contributed by atoms with van der Waals surface area (Å²) in [7, 11) is 0. The smallest absolute Gasteiger partial charge is 0.148 e. The van der Waals surface area contributed by atoms with E-state index in [1.807, 2.05) is 13.0 Å². The Labute approximate surface area is 130 Å². The normalized spacial score (nSPS) is 26.0. The van der Waals surface area contributed by atoms with E-state index in [1.54, 1.807) is 5.31 Å². The van der Waals surface area contributed by atoms with Crippen molar-refractivity contribution in [3.8, 4) is 6.07 Å². The number of aromatic nitrogens is 1. The zero-order chi connectivity index (χ0) is 16.1. The van der Waals surface area contributed by atoms with Crippen molar-refractivity contribution in [3.05, 3.63) is 29.2 Å². The maximum atomic E-state index is 14.7. The Morgan fingerprint density at radius 1 is 1.45 bits per heavy atom. The van der Waals surface area contributed by atoms with E-state index in [9.17, 15) is 9.65 Å². The molecule has 3 heterocycles. The van der Waals surface area contributed by atoms with Gasteiger partial charge in [-0.2, -0.15) is 5.26 Å². The lowest BCUT2D eigenvalue weighted by Gasteiger charge is -2.24. The summed E-state index contributed by atoms with van der Waals surface area (Å²) in [4.78, 5) is 5.24. The van der Waals surface area contributed by atoms with Gasteiger partial charge in [0.2, 0.25) is 0 Å². The lowest BCUT2D eigenvalue weighted by Crippen LogP contribution is -2.40. The SMILES string of the molecule is [2H]N1CCCC2CN(c3c(F)cc(C#N)c4[nH]c(C)cc34)CC21. The Balaban J connectivity index is 1.81. The van der Waals surface area contributed by atoms with Crippen LogP contribution in [0.4, 0.5) is 10.1 Å². The number of benzene rings is 1. The van der Waals surface area contributed by atoms with Crippen molar-refractivity contribution in [2.75, 3.05) is 24.5 Å². The molecule has 0 amide bonds. The molecule has 2 saturated heterocycles. The van der Waals surface area contributed by atoms with Crippen LogP contribution in [-0.4, -0.2) is 30.7 Å². The second kappa shape index (κ2) is 4.99. The molecule has 2 N–H and O–H groups in total. The van der Waals surface area contributed by atoms with Gasteiger partial charge in [0.05, 0.1) is 16.8 Å². The summed E-state index contributed by atoms with van der Waals surface area (Å²) < 4.78 is 22.8. The van der Waals surface area contributed by atoms with Gasteiger partial charge >= 0.3 is 0 Å². The first-order chi connectivity index (χ1) is 11.1. The monoisotopic (exact) mass is 299 g/mol. The van der Waals surface area contributed by atoms with Gasteiger partial charge in [-0.1, -0.05) is 0 Å². The van der Waals surface area contributed by atoms with Crippen molar-refractivity contribution >= 4 is 16.6 Å². The van der Waals surface area contributed by atoms with Crippen LogP contribution in [0, 0.1) is 30.0 Å². The molecule has 4 nitrogen and oxygen atoms in total. The van der Waals surface area contributed by atoms with Gasteiger partial charge in [-0.25, -0.2) is 4.39 Å². The summed E-state index contributed by atoms with van der Waals surface area (Å²) in [6.45, 7) is 4.17. The largest absolute Gasteiger partial charge is 0.367 e. The van der Waals surface area contributed by atoms with Gasteiger partial charge in [-0.05, 0) is 44.4 Å². The molecule has 0 bridgehead atoms. The van der Waals surface area contributed by atoms with Gasteiger partial charge in [-0.3, -0.25) is 0 Å². The second-order valence-electron chi connectivity index (χ2n) is 6.39. The van der Waals surface area contributed by atoms with Crippen LogP contribution in [0.3, 0.4) is 0 Å². The van der Waals surface area contributed by atoms with Crippen LogP contribution in [0.1, 0.15) is 24.1 Å². The van der Waals surface area contributed by atoms with Crippen molar-refractivity contribution in [3.63, 3.8) is 0 Å². The number of aromatic amines is 1. The van der Waals surface area contributed by atoms with Crippen LogP contribution in [-0.2, 0) is 0 Å². The number of hydrogen-bond acceptors (Lipinski definition) is 3. The fourth-order valence-corrected chi connectivity index (χ4v) is 3.93. The van der Waals surface area contributed by atoms with Crippen LogP contribution in [0.5, 0.6) is 0 Å².